The number of carbonyl (C=O) groups is 1. The number of amides is 1. The first-order chi connectivity index (χ1) is 9.60. The predicted octanol–water partition coefficient (Wildman–Crippen LogP) is 3.12. The highest BCUT2D eigenvalue weighted by Gasteiger charge is 2.10. The molecule has 0 aliphatic carbocycles. The van der Waals surface area contributed by atoms with Crippen LogP contribution in [-0.4, -0.2) is 5.91 Å². The molecule has 3 N–H and O–H groups in total. The van der Waals surface area contributed by atoms with E-state index < -0.39 is 5.82 Å². The van der Waals surface area contributed by atoms with E-state index in [-0.39, 0.29) is 18.0 Å². The van der Waals surface area contributed by atoms with Crippen LogP contribution in [0.5, 0.6) is 0 Å². The lowest BCUT2D eigenvalue weighted by Gasteiger charge is -2.09. The summed E-state index contributed by atoms with van der Waals surface area (Å²) in [6.45, 7) is 0.356. The van der Waals surface area contributed by atoms with Gasteiger partial charge in [-0.15, -0.1) is 0 Å². The lowest BCUT2D eigenvalue weighted by Crippen LogP contribution is -2.17. The van der Waals surface area contributed by atoms with Gasteiger partial charge in [0.2, 0.25) is 5.91 Å². The number of rotatable bonds is 4. The Morgan fingerprint density at radius 2 is 1.90 bits per heavy atom. The van der Waals surface area contributed by atoms with Crippen LogP contribution in [0.15, 0.2) is 42.5 Å². The number of carbonyl (C=O) groups excluding carboxylic acids is 1. The predicted molar refractivity (Wildman–Crippen MR) is 78.1 cm³/mol. The van der Waals surface area contributed by atoms with Crippen LogP contribution in [0.3, 0.4) is 0 Å². The van der Waals surface area contributed by atoms with Crippen molar-refractivity contribution in [1.29, 1.82) is 0 Å². The van der Waals surface area contributed by atoms with Gasteiger partial charge in [-0.2, -0.15) is 0 Å². The van der Waals surface area contributed by atoms with Crippen LogP contribution in [0.25, 0.3) is 0 Å². The normalized spacial score (nSPS) is 10.3. The molecular formula is C15H14ClFN2O. The van der Waals surface area contributed by atoms with Crippen LogP contribution in [0.1, 0.15) is 11.1 Å². The van der Waals surface area contributed by atoms with Gasteiger partial charge in [0, 0.05) is 11.6 Å². The van der Waals surface area contributed by atoms with E-state index in [2.05, 4.69) is 5.32 Å². The molecule has 0 aliphatic heterocycles. The average molecular weight is 293 g/mol. The molecule has 5 heteroatoms. The van der Waals surface area contributed by atoms with E-state index in [0.29, 0.717) is 11.6 Å². The Bertz CT molecular complexity index is 631. The fourth-order valence-electron chi connectivity index (χ4n) is 1.89. The zero-order chi connectivity index (χ0) is 14.5. The highest BCUT2D eigenvalue weighted by atomic mass is 35.5. The minimum absolute atomic E-state index is 0.0766. The number of nitrogens with one attached hydrogen (secondary N) is 1. The number of benzene rings is 2. The Balaban J connectivity index is 2.11. The van der Waals surface area contributed by atoms with Crippen LogP contribution in [-0.2, 0) is 17.8 Å². The standard InChI is InChI=1S/C15H14ClFN2O/c16-12-5-6-13(17)14(8-12)19-15(20)7-10-3-1-2-4-11(10)9-18/h1-6,8H,7,9,18H2,(H,19,20). The van der Waals surface area contributed by atoms with Crippen LogP contribution in [0.2, 0.25) is 5.02 Å². The zero-order valence-electron chi connectivity index (χ0n) is 10.7. The van der Waals surface area contributed by atoms with Crippen LogP contribution >= 0.6 is 11.6 Å². The lowest BCUT2D eigenvalue weighted by molar-refractivity contribution is -0.115. The molecule has 0 aliphatic rings. The molecule has 2 aromatic rings. The summed E-state index contributed by atoms with van der Waals surface area (Å²) in [6.07, 6.45) is 0.138. The molecule has 2 rings (SSSR count). The summed E-state index contributed by atoms with van der Waals surface area (Å²) in [7, 11) is 0. The van der Waals surface area contributed by atoms with Gasteiger partial charge in [-0.1, -0.05) is 35.9 Å². The second-order valence-electron chi connectivity index (χ2n) is 4.32. The van der Waals surface area contributed by atoms with Gasteiger partial charge in [0.25, 0.3) is 0 Å². The first-order valence-corrected chi connectivity index (χ1v) is 6.49. The average Bonchev–Trinajstić information content (AvgIpc) is 2.43. The summed E-state index contributed by atoms with van der Waals surface area (Å²) in [4.78, 5) is 12.0. The van der Waals surface area contributed by atoms with E-state index in [1.807, 2.05) is 24.3 Å². The lowest BCUT2D eigenvalue weighted by atomic mass is 10.0. The van der Waals surface area contributed by atoms with Crippen molar-refractivity contribution in [3.05, 3.63) is 64.4 Å². The summed E-state index contributed by atoms with van der Waals surface area (Å²) < 4.78 is 13.5. The molecule has 0 bridgehead atoms. The number of hydrogen-bond acceptors (Lipinski definition) is 2. The summed E-state index contributed by atoms with van der Waals surface area (Å²) in [5, 5.41) is 2.88. The van der Waals surface area contributed by atoms with E-state index in [0.717, 1.165) is 11.1 Å². The molecule has 0 atom stereocenters. The van der Waals surface area contributed by atoms with E-state index in [9.17, 15) is 9.18 Å². The molecule has 1 amide bonds. The maximum atomic E-state index is 13.5. The third-order valence-corrected chi connectivity index (χ3v) is 3.13. The van der Waals surface area contributed by atoms with Gasteiger partial charge in [-0.3, -0.25) is 4.79 Å². The Morgan fingerprint density at radius 1 is 1.20 bits per heavy atom. The smallest absolute Gasteiger partial charge is 0.228 e. The minimum atomic E-state index is -0.519. The minimum Gasteiger partial charge on any atom is -0.326 e. The fraction of sp³-hybridized carbons (Fsp3) is 0.133. The molecule has 0 radical (unpaired) electrons. The molecule has 0 saturated carbocycles. The van der Waals surface area contributed by atoms with E-state index in [4.69, 9.17) is 17.3 Å². The molecule has 2 aromatic carbocycles. The first-order valence-electron chi connectivity index (χ1n) is 6.12. The SMILES string of the molecule is NCc1ccccc1CC(=O)Nc1cc(Cl)ccc1F. The molecule has 20 heavy (non-hydrogen) atoms. The van der Waals surface area contributed by atoms with Crippen LogP contribution in [0, 0.1) is 5.82 Å². The highest BCUT2D eigenvalue weighted by molar-refractivity contribution is 6.30. The zero-order valence-corrected chi connectivity index (χ0v) is 11.5. The van der Waals surface area contributed by atoms with Crippen molar-refractivity contribution in [2.24, 2.45) is 5.73 Å². The molecule has 0 unspecified atom stereocenters. The van der Waals surface area contributed by atoms with Crippen molar-refractivity contribution >= 4 is 23.2 Å². The van der Waals surface area contributed by atoms with Crippen molar-refractivity contribution in [2.75, 3.05) is 5.32 Å². The Kier molecular flexibility index (Phi) is 4.71. The van der Waals surface area contributed by atoms with Gasteiger partial charge in [-0.25, -0.2) is 4.39 Å². The van der Waals surface area contributed by atoms with E-state index in [1.54, 1.807) is 0 Å². The Hall–Kier alpha value is -1.91. The second-order valence-corrected chi connectivity index (χ2v) is 4.76. The number of halogens is 2. The third kappa shape index (κ3) is 3.56. The number of anilines is 1. The first kappa shape index (κ1) is 14.5. The fourth-order valence-corrected chi connectivity index (χ4v) is 2.06. The van der Waals surface area contributed by atoms with Crippen molar-refractivity contribution in [3.63, 3.8) is 0 Å². The van der Waals surface area contributed by atoms with Crippen molar-refractivity contribution in [1.82, 2.24) is 0 Å². The molecule has 0 heterocycles. The maximum Gasteiger partial charge on any atom is 0.228 e. The third-order valence-electron chi connectivity index (χ3n) is 2.89. The van der Waals surface area contributed by atoms with E-state index >= 15 is 0 Å². The summed E-state index contributed by atoms with van der Waals surface area (Å²) in [5.74, 6) is -0.832. The molecule has 0 fully saturated rings. The molecule has 0 saturated heterocycles. The van der Waals surface area contributed by atoms with Crippen LogP contribution in [0.4, 0.5) is 10.1 Å². The maximum absolute atomic E-state index is 13.5. The topological polar surface area (TPSA) is 55.1 Å². The highest BCUT2D eigenvalue weighted by Crippen LogP contribution is 2.20. The van der Waals surface area contributed by atoms with Crippen molar-refractivity contribution < 1.29 is 9.18 Å². The molecule has 0 aromatic heterocycles. The largest absolute Gasteiger partial charge is 0.326 e. The second kappa shape index (κ2) is 6.50. The quantitative estimate of drug-likeness (QED) is 0.910. The van der Waals surface area contributed by atoms with E-state index in [1.165, 1.54) is 18.2 Å². The monoisotopic (exact) mass is 292 g/mol. The molecule has 3 nitrogen and oxygen atoms in total. The van der Waals surface area contributed by atoms with Gasteiger partial charge in [0.1, 0.15) is 5.82 Å². The number of hydrogen-bond donors (Lipinski definition) is 2. The summed E-state index contributed by atoms with van der Waals surface area (Å²) in [5.41, 5.74) is 7.42. The van der Waals surface area contributed by atoms with Crippen LogP contribution < -0.4 is 11.1 Å². The summed E-state index contributed by atoms with van der Waals surface area (Å²) in [6, 6.07) is 11.4. The van der Waals surface area contributed by atoms with Gasteiger partial charge >= 0.3 is 0 Å². The van der Waals surface area contributed by atoms with Gasteiger partial charge in [0.05, 0.1) is 12.1 Å². The van der Waals surface area contributed by atoms with Crippen molar-refractivity contribution in [2.45, 2.75) is 13.0 Å². The van der Waals surface area contributed by atoms with Gasteiger partial charge in [-0.05, 0) is 29.3 Å². The van der Waals surface area contributed by atoms with Gasteiger partial charge in [0.15, 0.2) is 0 Å². The molecular weight excluding hydrogens is 279 g/mol. The Labute approximate surface area is 121 Å². The Morgan fingerprint density at radius 3 is 2.60 bits per heavy atom. The number of nitrogens with two attached hydrogens (primary N) is 1. The van der Waals surface area contributed by atoms with Gasteiger partial charge < -0.3 is 11.1 Å². The van der Waals surface area contributed by atoms with Crippen molar-refractivity contribution in [3.8, 4) is 0 Å². The molecule has 104 valence electrons. The molecule has 0 spiro atoms. The summed E-state index contributed by atoms with van der Waals surface area (Å²) >= 11 is 5.77.